The van der Waals surface area contributed by atoms with Gasteiger partial charge in [-0.05, 0) is 55.9 Å². The molecule has 0 heterocycles. The van der Waals surface area contributed by atoms with E-state index in [2.05, 4.69) is 10.2 Å². The third kappa shape index (κ3) is 5.48. The second kappa shape index (κ2) is 8.65. The van der Waals surface area contributed by atoms with Crippen LogP contribution >= 0.6 is 0 Å². The van der Waals surface area contributed by atoms with Crippen LogP contribution < -0.4 is 5.32 Å². The molecular weight excluding hydrogens is 374 g/mol. The molecule has 2 aliphatic rings. The summed E-state index contributed by atoms with van der Waals surface area (Å²) in [6.07, 6.45) is 8.54. The van der Waals surface area contributed by atoms with Crippen molar-refractivity contribution >= 4 is 21.4 Å². The van der Waals surface area contributed by atoms with Gasteiger partial charge in [-0.1, -0.05) is 19.3 Å². The highest BCUT2D eigenvalue weighted by molar-refractivity contribution is 7.91. The van der Waals surface area contributed by atoms with Crippen molar-refractivity contribution in [2.45, 2.75) is 61.6 Å². The van der Waals surface area contributed by atoms with E-state index >= 15 is 0 Å². The lowest BCUT2D eigenvalue weighted by Gasteiger charge is -2.29. The Morgan fingerprint density at radius 3 is 2.26 bits per heavy atom. The molecule has 0 radical (unpaired) electrons. The van der Waals surface area contributed by atoms with Crippen molar-refractivity contribution < 1.29 is 22.0 Å². The van der Waals surface area contributed by atoms with Gasteiger partial charge in [-0.25, -0.2) is 8.42 Å². The fourth-order valence-electron chi connectivity index (χ4n) is 3.70. The third-order valence-electron chi connectivity index (χ3n) is 5.33. The maximum absolute atomic E-state index is 12.6. The molecule has 27 heavy (non-hydrogen) atoms. The van der Waals surface area contributed by atoms with Gasteiger partial charge in [0.1, 0.15) is 0 Å². The maximum Gasteiger partial charge on any atom is 0.341 e. The Morgan fingerprint density at radius 1 is 1.07 bits per heavy atom. The van der Waals surface area contributed by atoms with Gasteiger partial charge in [-0.2, -0.15) is 8.78 Å². The Morgan fingerprint density at radius 2 is 1.70 bits per heavy atom. The Bertz CT molecular complexity index is 743. The van der Waals surface area contributed by atoms with Crippen LogP contribution in [0.25, 0.3) is 0 Å². The molecule has 5 nitrogen and oxygen atoms in total. The first-order valence-electron chi connectivity index (χ1n) is 9.52. The minimum absolute atomic E-state index is 0.165. The van der Waals surface area contributed by atoms with Gasteiger partial charge < -0.3 is 5.32 Å². The molecule has 1 N–H and O–H groups in total. The summed E-state index contributed by atoms with van der Waals surface area (Å²) in [5.41, 5.74) is 0.404. The van der Waals surface area contributed by atoms with Gasteiger partial charge >= 0.3 is 5.76 Å². The van der Waals surface area contributed by atoms with Gasteiger partial charge in [-0.3, -0.25) is 9.69 Å². The van der Waals surface area contributed by atoms with E-state index in [0.717, 1.165) is 31.5 Å². The fourth-order valence-corrected chi connectivity index (χ4v) is 4.42. The van der Waals surface area contributed by atoms with Crippen LogP contribution in [0.4, 0.5) is 14.5 Å². The van der Waals surface area contributed by atoms with Crippen molar-refractivity contribution in [1.82, 2.24) is 4.90 Å². The van der Waals surface area contributed by atoms with E-state index in [0.29, 0.717) is 24.2 Å². The highest BCUT2D eigenvalue weighted by atomic mass is 32.2. The van der Waals surface area contributed by atoms with Crippen LogP contribution in [0, 0.1) is 5.92 Å². The lowest BCUT2D eigenvalue weighted by Crippen LogP contribution is -2.38. The minimum atomic E-state index is -4.61. The summed E-state index contributed by atoms with van der Waals surface area (Å²) < 4.78 is 48.0. The Balaban J connectivity index is 1.56. The van der Waals surface area contributed by atoms with Crippen LogP contribution in [0.2, 0.25) is 0 Å². The van der Waals surface area contributed by atoms with Gasteiger partial charge in [0, 0.05) is 18.3 Å². The lowest BCUT2D eigenvalue weighted by molar-refractivity contribution is -0.117. The van der Waals surface area contributed by atoms with E-state index in [9.17, 15) is 22.0 Å². The molecule has 1 aromatic carbocycles. The quantitative estimate of drug-likeness (QED) is 0.723. The molecule has 150 valence electrons. The first kappa shape index (κ1) is 20.2. The predicted octanol–water partition coefficient (Wildman–Crippen LogP) is 3.67. The molecule has 2 aliphatic carbocycles. The van der Waals surface area contributed by atoms with Crippen molar-refractivity contribution in [3.63, 3.8) is 0 Å². The summed E-state index contributed by atoms with van der Waals surface area (Å²) in [5.74, 6) is -2.96. The number of nitrogens with zero attached hydrogens (tertiary/aromatic N) is 1. The molecule has 1 aromatic rings. The average Bonchev–Trinajstić information content (AvgIpc) is 3.47. The molecule has 1 amide bonds. The number of halogens is 2. The summed E-state index contributed by atoms with van der Waals surface area (Å²) in [4.78, 5) is 14.2. The van der Waals surface area contributed by atoms with Crippen LogP contribution in [0.15, 0.2) is 29.2 Å². The highest BCUT2D eigenvalue weighted by Crippen LogP contribution is 2.31. The number of carbonyl (C=O) groups is 1. The first-order valence-corrected chi connectivity index (χ1v) is 11.1. The SMILES string of the molecule is O=C(CN(CC1CCCCC1)C1CC1)Nc1ccc(S(=O)(=O)C(F)F)cc1. The number of amides is 1. The third-order valence-corrected chi connectivity index (χ3v) is 6.73. The summed E-state index contributed by atoms with van der Waals surface area (Å²) in [5, 5.41) is 2.74. The van der Waals surface area contributed by atoms with Crippen molar-refractivity contribution in [3.8, 4) is 0 Å². The Hall–Kier alpha value is -1.54. The van der Waals surface area contributed by atoms with Gasteiger partial charge in [0.25, 0.3) is 0 Å². The molecule has 0 spiro atoms. The monoisotopic (exact) mass is 400 g/mol. The maximum atomic E-state index is 12.6. The van der Waals surface area contributed by atoms with Gasteiger partial charge in [0.15, 0.2) is 0 Å². The molecule has 2 fully saturated rings. The van der Waals surface area contributed by atoms with E-state index in [1.807, 2.05) is 0 Å². The van der Waals surface area contributed by atoms with Crippen LogP contribution in [0.1, 0.15) is 44.9 Å². The number of sulfone groups is 1. The number of carbonyl (C=O) groups excluding carboxylic acids is 1. The summed E-state index contributed by atoms with van der Waals surface area (Å²) in [6, 6.07) is 5.36. The predicted molar refractivity (Wildman–Crippen MR) is 99.4 cm³/mol. The van der Waals surface area contributed by atoms with Crippen LogP contribution in [0.3, 0.4) is 0 Å². The number of benzene rings is 1. The Kier molecular flexibility index (Phi) is 6.47. The van der Waals surface area contributed by atoms with Crippen molar-refractivity contribution in [3.05, 3.63) is 24.3 Å². The van der Waals surface area contributed by atoms with Gasteiger partial charge in [0.2, 0.25) is 15.7 Å². The molecule has 0 saturated heterocycles. The van der Waals surface area contributed by atoms with E-state index < -0.39 is 20.5 Å². The molecule has 0 bridgehead atoms. The fraction of sp³-hybridized carbons (Fsp3) is 0.632. The zero-order valence-corrected chi connectivity index (χ0v) is 16.1. The molecule has 0 aliphatic heterocycles. The molecule has 0 atom stereocenters. The average molecular weight is 400 g/mol. The molecule has 8 heteroatoms. The Labute approximate surface area is 159 Å². The van der Waals surface area contributed by atoms with E-state index in [1.165, 1.54) is 44.2 Å². The second-order valence-corrected chi connectivity index (χ2v) is 9.46. The lowest BCUT2D eigenvalue weighted by atomic mass is 9.89. The standard InChI is InChI=1S/C19H26F2N2O3S/c20-19(21)27(25,26)17-10-6-15(7-11-17)22-18(24)13-23(16-8-9-16)12-14-4-2-1-3-5-14/h6-7,10-11,14,16,19H,1-5,8-9,12-13H2,(H,22,24). The van der Waals surface area contributed by atoms with Crippen molar-refractivity contribution in [2.75, 3.05) is 18.4 Å². The number of rotatable bonds is 8. The number of anilines is 1. The number of alkyl halides is 2. The second-order valence-electron chi connectivity index (χ2n) is 7.54. The molecule has 3 rings (SSSR count). The van der Waals surface area contributed by atoms with Crippen molar-refractivity contribution in [1.29, 1.82) is 0 Å². The summed E-state index contributed by atoms with van der Waals surface area (Å²) >= 11 is 0. The van der Waals surface area contributed by atoms with Crippen molar-refractivity contribution in [2.24, 2.45) is 5.92 Å². The topological polar surface area (TPSA) is 66.5 Å². The van der Waals surface area contributed by atoms with Gasteiger partial charge in [0.05, 0.1) is 11.4 Å². The number of hydrogen-bond donors (Lipinski definition) is 1. The van der Waals surface area contributed by atoms with E-state index in [-0.39, 0.29) is 5.91 Å². The summed E-state index contributed by atoms with van der Waals surface area (Å²) in [6.45, 7) is 1.25. The normalized spacial score (nSPS) is 18.8. The zero-order valence-electron chi connectivity index (χ0n) is 15.2. The van der Waals surface area contributed by atoms with Crippen LogP contribution in [-0.4, -0.2) is 44.1 Å². The van der Waals surface area contributed by atoms with E-state index in [1.54, 1.807) is 0 Å². The van der Waals surface area contributed by atoms with Crippen LogP contribution in [-0.2, 0) is 14.6 Å². The molecule has 0 unspecified atom stereocenters. The number of nitrogens with one attached hydrogen (secondary N) is 1. The van der Waals surface area contributed by atoms with Crippen LogP contribution in [0.5, 0.6) is 0 Å². The molecule has 0 aromatic heterocycles. The zero-order chi connectivity index (χ0) is 19.4. The summed E-state index contributed by atoms with van der Waals surface area (Å²) in [7, 11) is -4.61. The first-order chi connectivity index (χ1) is 12.9. The highest BCUT2D eigenvalue weighted by Gasteiger charge is 2.32. The smallest absolute Gasteiger partial charge is 0.325 e. The largest absolute Gasteiger partial charge is 0.341 e. The minimum Gasteiger partial charge on any atom is -0.325 e. The molecule has 2 saturated carbocycles. The van der Waals surface area contributed by atoms with Gasteiger partial charge in [-0.15, -0.1) is 0 Å². The number of hydrogen-bond acceptors (Lipinski definition) is 4. The molecular formula is C19H26F2N2O3S. The van der Waals surface area contributed by atoms with E-state index in [4.69, 9.17) is 0 Å².